The van der Waals surface area contributed by atoms with Crippen molar-refractivity contribution in [2.24, 2.45) is 4.99 Å². The van der Waals surface area contributed by atoms with Crippen molar-refractivity contribution in [3.63, 3.8) is 0 Å². The number of aliphatic imine (C=N–C) groups is 1. The second-order valence-corrected chi connectivity index (χ2v) is 6.88. The number of oxazole rings is 1. The number of hydrogen-bond donors (Lipinski definition) is 1. The Bertz CT molecular complexity index is 1390. The van der Waals surface area contributed by atoms with E-state index >= 15 is 0 Å². The van der Waals surface area contributed by atoms with E-state index in [2.05, 4.69) is 9.98 Å². The van der Waals surface area contributed by atoms with E-state index in [0.29, 0.717) is 17.0 Å². The van der Waals surface area contributed by atoms with Gasteiger partial charge in [0.25, 0.3) is 0 Å². The van der Waals surface area contributed by atoms with Gasteiger partial charge in [-0.05, 0) is 59.3 Å². The van der Waals surface area contributed by atoms with Crippen molar-refractivity contribution in [2.45, 2.75) is 0 Å². The number of ether oxygens (including phenoxy) is 1. The molecule has 1 N–H and O–H groups in total. The molecule has 0 unspecified atom stereocenters. The predicted octanol–water partition coefficient (Wildman–Crippen LogP) is 6.11. The van der Waals surface area contributed by atoms with Gasteiger partial charge in [-0.25, -0.2) is 4.98 Å². The molecule has 0 saturated heterocycles. The molecule has 0 radical (unpaired) electrons. The van der Waals surface area contributed by atoms with Crippen LogP contribution in [0.1, 0.15) is 5.56 Å². The van der Waals surface area contributed by atoms with Gasteiger partial charge in [0.05, 0.1) is 12.8 Å². The molecule has 0 aliphatic carbocycles. The zero-order chi connectivity index (χ0) is 20.5. The lowest BCUT2D eigenvalue weighted by Crippen LogP contribution is -1.85. The lowest BCUT2D eigenvalue weighted by Gasteiger charge is -2.04. The monoisotopic (exact) mass is 394 g/mol. The SMILES string of the molecule is COc1ccc(-c2nc3cc(N=Cc4c(O)ccc5ccccc45)ccc3o2)cc1. The Morgan fingerprint density at radius 1 is 0.967 bits per heavy atom. The summed E-state index contributed by atoms with van der Waals surface area (Å²) < 4.78 is 11.1. The van der Waals surface area contributed by atoms with Crippen molar-refractivity contribution in [1.82, 2.24) is 4.98 Å². The fraction of sp³-hybridized carbons (Fsp3) is 0.0400. The number of aromatic hydroxyl groups is 1. The Morgan fingerprint density at radius 3 is 2.63 bits per heavy atom. The van der Waals surface area contributed by atoms with Crippen LogP contribution in [0, 0.1) is 0 Å². The molecule has 5 heteroatoms. The van der Waals surface area contributed by atoms with Gasteiger partial charge in [0.15, 0.2) is 5.58 Å². The maximum atomic E-state index is 10.3. The zero-order valence-electron chi connectivity index (χ0n) is 16.2. The first-order valence-electron chi connectivity index (χ1n) is 9.51. The summed E-state index contributed by atoms with van der Waals surface area (Å²) in [6.07, 6.45) is 1.68. The van der Waals surface area contributed by atoms with Crippen LogP contribution in [0.4, 0.5) is 5.69 Å². The Kier molecular flexibility index (Phi) is 4.41. The molecular formula is C25H18N2O3. The standard InChI is InChI=1S/C25H18N2O3/c1-29-19-10-6-17(7-11-19)25-27-22-14-18(9-13-24(22)30-25)26-15-21-20-5-3-2-4-16(20)8-12-23(21)28/h2-15,28H,1H3. The molecule has 5 rings (SSSR count). The third-order valence-corrected chi connectivity index (χ3v) is 5.00. The van der Waals surface area contributed by atoms with E-state index in [1.165, 1.54) is 0 Å². The molecule has 0 aliphatic rings. The topological polar surface area (TPSA) is 67.9 Å². The minimum Gasteiger partial charge on any atom is -0.507 e. The number of nitrogens with zero attached hydrogens (tertiary/aromatic N) is 2. The molecular weight excluding hydrogens is 376 g/mol. The van der Waals surface area contributed by atoms with Crippen molar-refractivity contribution in [2.75, 3.05) is 7.11 Å². The van der Waals surface area contributed by atoms with Crippen LogP contribution in [0.3, 0.4) is 0 Å². The quantitative estimate of drug-likeness (QED) is 0.373. The maximum Gasteiger partial charge on any atom is 0.227 e. The average molecular weight is 394 g/mol. The predicted molar refractivity (Wildman–Crippen MR) is 119 cm³/mol. The molecule has 4 aromatic carbocycles. The highest BCUT2D eigenvalue weighted by atomic mass is 16.5. The van der Waals surface area contributed by atoms with E-state index in [0.717, 1.165) is 33.3 Å². The minimum atomic E-state index is 0.196. The number of fused-ring (bicyclic) bond motifs is 2. The first-order valence-corrected chi connectivity index (χ1v) is 9.51. The summed E-state index contributed by atoms with van der Waals surface area (Å²) in [6, 6.07) is 24.6. The number of rotatable bonds is 4. The molecule has 0 amide bonds. The minimum absolute atomic E-state index is 0.196. The first kappa shape index (κ1) is 17.9. The van der Waals surface area contributed by atoms with Crippen LogP contribution in [-0.4, -0.2) is 23.4 Å². The molecule has 5 nitrogen and oxygen atoms in total. The van der Waals surface area contributed by atoms with Gasteiger partial charge in [0.2, 0.25) is 5.89 Å². The average Bonchev–Trinajstić information content (AvgIpc) is 3.22. The molecule has 0 fully saturated rings. The Balaban J connectivity index is 1.49. The molecule has 1 heterocycles. The van der Waals surface area contributed by atoms with Crippen LogP contribution >= 0.6 is 0 Å². The Labute approximate surface area is 172 Å². The molecule has 1 aromatic heterocycles. The van der Waals surface area contributed by atoms with Gasteiger partial charge in [-0.2, -0.15) is 0 Å². The number of phenols is 1. The van der Waals surface area contributed by atoms with Gasteiger partial charge in [0, 0.05) is 17.3 Å². The second kappa shape index (κ2) is 7.37. The van der Waals surface area contributed by atoms with Crippen molar-refractivity contribution in [1.29, 1.82) is 0 Å². The van der Waals surface area contributed by atoms with E-state index in [4.69, 9.17) is 9.15 Å². The molecule has 0 spiro atoms. The number of phenolic OH excluding ortho intramolecular Hbond substituents is 1. The van der Waals surface area contributed by atoms with Gasteiger partial charge >= 0.3 is 0 Å². The van der Waals surface area contributed by atoms with E-state index < -0.39 is 0 Å². The molecule has 0 atom stereocenters. The van der Waals surface area contributed by atoms with E-state index in [1.807, 2.05) is 72.8 Å². The third-order valence-electron chi connectivity index (χ3n) is 5.00. The van der Waals surface area contributed by atoms with Gasteiger partial charge in [-0.15, -0.1) is 0 Å². The van der Waals surface area contributed by atoms with E-state index in [1.54, 1.807) is 19.4 Å². The number of hydrogen-bond acceptors (Lipinski definition) is 5. The van der Waals surface area contributed by atoms with Crippen molar-refractivity contribution in [3.05, 3.63) is 84.4 Å². The van der Waals surface area contributed by atoms with E-state index in [-0.39, 0.29) is 5.75 Å². The largest absolute Gasteiger partial charge is 0.507 e. The molecule has 5 aromatic rings. The number of benzene rings is 4. The fourth-order valence-corrected chi connectivity index (χ4v) is 3.41. The van der Waals surface area contributed by atoms with Gasteiger partial charge < -0.3 is 14.3 Å². The van der Waals surface area contributed by atoms with Gasteiger partial charge in [-0.1, -0.05) is 30.3 Å². The smallest absolute Gasteiger partial charge is 0.227 e. The molecule has 146 valence electrons. The molecule has 0 bridgehead atoms. The third kappa shape index (κ3) is 3.26. The van der Waals surface area contributed by atoms with E-state index in [9.17, 15) is 5.11 Å². The van der Waals surface area contributed by atoms with Crippen LogP contribution in [0.25, 0.3) is 33.3 Å². The molecule has 30 heavy (non-hydrogen) atoms. The molecule has 0 aliphatic heterocycles. The second-order valence-electron chi connectivity index (χ2n) is 6.88. The summed E-state index contributed by atoms with van der Waals surface area (Å²) in [5, 5.41) is 12.3. The summed E-state index contributed by atoms with van der Waals surface area (Å²) in [4.78, 5) is 9.15. The maximum absolute atomic E-state index is 10.3. The van der Waals surface area contributed by atoms with Crippen molar-refractivity contribution in [3.8, 4) is 23.0 Å². The first-order chi connectivity index (χ1) is 14.7. The summed E-state index contributed by atoms with van der Waals surface area (Å²) in [5.74, 6) is 1.52. The van der Waals surface area contributed by atoms with Crippen LogP contribution in [0.2, 0.25) is 0 Å². The van der Waals surface area contributed by atoms with Crippen LogP contribution in [-0.2, 0) is 0 Å². The van der Waals surface area contributed by atoms with Crippen LogP contribution in [0.5, 0.6) is 11.5 Å². The number of methoxy groups -OCH3 is 1. The Morgan fingerprint density at radius 2 is 1.80 bits per heavy atom. The summed E-state index contributed by atoms with van der Waals surface area (Å²) in [5.41, 5.74) is 3.69. The Hall–Kier alpha value is -4.12. The normalized spacial score (nSPS) is 11.5. The van der Waals surface area contributed by atoms with Gasteiger partial charge in [0.1, 0.15) is 17.0 Å². The van der Waals surface area contributed by atoms with Gasteiger partial charge in [-0.3, -0.25) is 4.99 Å². The highest BCUT2D eigenvalue weighted by Gasteiger charge is 2.09. The summed E-state index contributed by atoms with van der Waals surface area (Å²) >= 11 is 0. The van der Waals surface area contributed by atoms with Crippen molar-refractivity contribution >= 4 is 33.8 Å². The highest BCUT2D eigenvalue weighted by Crippen LogP contribution is 2.29. The highest BCUT2D eigenvalue weighted by molar-refractivity contribution is 6.03. The number of aromatic nitrogens is 1. The molecule has 0 saturated carbocycles. The van der Waals surface area contributed by atoms with Crippen molar-refractivity contribution < 1.29 is 14.3 Å². The fourth-order valence-electron chi connectivity index (χ4n) is 3.41. The zero-order valence-corrected chi connectivity index (χ0v) is 16.2. The lowest BCUT2D eigenvalue weighted by atomic mass is 10.0. The van der Waals surface area contributed by atoms with Crippen LogP contribution < -0.4 is 4.74 Å². The summed E-state index contributed by atoms with van der Waals surface area (Å²) in [6.45, 7) is 0. The van der Waals surface area contributed by atoms with Crippen LogP contribution in [0.15, 0.2) is 88.3 Å². The lowest BCUT2D eigenvalue weighted by molar-refractivity contribution is 0.415. The summed E-state index contributed by atoms with van der Waals surface area (Å²) in [7, 11) is 1.63.